The first-order valence-electron chi connectivity index (χ1n) is 12.1. The highest BCUT2D eigenvalue weighted by Gasteiger charge is 2.36. The smallest absolute Gasteiger partial charge is 0.268 e. The van der Waals surface area contributed by atoms with Crippen LogP contribution in [0, 0.1) is 22.7 Å². The molecule has 0 aliphatic carbocycles. The van der Waals surface area contributed by atoms with Crippen LogP contribution in [0.2, 0.25) is 0 Å². The van der Waals surface area contributed by atoms with E-state index in [1.807, 2.05) is 6.07 Å². The molecule has 0 bridgehead atoms. The highest BCUT2D eigenvalue weighted by Crippen LogP contribution is 2.35. The van der Waals surface area contributed by atoms with Crippen molar-refractivity contribution in [3.8, 4) is 12.1 Å². The summed E-state index contributed by atoms with van der Waals surface area (Å²) in [4.78, 5) is 29.0. The highest BCUT2D eigenvalue weighted by molar-refractivity contribution is 5.91. The zero-order chi connectivity index (χ0) is 25.4. The first-order valence-corrected chi connectivity index (χ1v) is 12.1. The first-order chi connectivity index (χ1) is 17.4. The van der Waals surface area contributed by atoms with Crippen LogP contribution in [0.4, 0.5) is 5.69 Å². The fourth-order valence-corrected chi connectivity index (χ4v) is 5.28. The van der Waals surface area contributed by atoms with E-state index in [0.29, 0.717) is 23.3 Å². The predicted octanol–water partition coefficient (Wildman–Crippen LogP) is 3.11. The van der Waals surface area contributed by atoms with Gasteiger partial charge in [-0.1, -0.05) is 13.0 Å². The summed E-state index contributed by atoms with van der Waals surface area (Å²) in [6.45, 7) is 7.93. The number of anilines is 1. The maximum atomic E-state index is 12.8. The van der Waals surface area contributed by atoms with Crippen molar-refractivity contribution in [1.82, 2.24) is 29.6 Å². The zero-order valence-corrected chi connectivity index (χ0v) is 20.5. The number of benzene rings is 1. The van der Waals surface area contributed by atoms with Crippen LogP contribution in [-0.4, -0.2) is 54.8 Å². The lowest BCUT2D eigenvalue weighted by Gasteiger charge is -2.48. The molecule has 182 valence electrons. The number of hydrogen-bond acceptors (Lipinski definition) is 8. The van der Waals surface area contributed by atoms with Crippen LogP contribution in [0.25, 0.3) is 22.1 Å². The maximum absolute atomic E-state index is 12.8. The van der Waals surface area contributed by atoms with Crippen LogP contribution in [0.3, 0.4) is 0 Å². The Hall–Kier alpha value is -4.28. The largest absolute Gasteiger partial charge is 0.363 e. The normalized spacial score (nSPS) is 19.3. The van der Waals surface area contributed by atoms with Gasteiger partial charge in [0.15, 0.2) is 0 Å². The van der Waals surface area contributed by atoms with Crippen LogP contribution in [-0.2, 0) is 6.54 Å². The van der Waals surface area contributed by atoms with Gasteiger partial charge in [-0.2, -0.15) is 15.6 Å². The van der Waals surface area contributed by atoms with Crippen molar-refractivity contribution in [1.29, 1.82) is 10.5 Å². The number of rotatable bonds is 5. The molecular formula is C26H27N9O. The third-order valence-electron chi connectivity index (χ3n) is 7.16. The average molecular weight is 482 g/mol. The Morgan fingerprint density at radius 1 is 1.19 bits per heavy atom. The number of fused-ring (bicyclic) bond motifs is 2. The van der Waals surface area contributed by atoms with Crippen molar-refractivity contribution < 1.29 is 0 Å². The molecule has 10 heteroatoms. The summed E-state index contributed by atoms with van der Waals surface area (Å²) >= 11 is 0. The van der Waals surface area contributed by atoms with E-state index in [-0.39, 0.29) is 30.2 Å². The lowest BCUT2D eigenvalue weighted by Crippen LogP contribution is -2.58. The summed E-state index contributed by atoms with van der Waals surface area (Å²) in [6.07, 6.45) is 5.95. The van der Waals surface area contributed by atoms with Gasteiger partial charge in [-0.3, -0.25) is 24.3 Å². The highest BCUT2D eigenvalue weighted by atomic mass is 16.1. The number of nitrogens with one attached hydrogen (secondary N) is 1. The molecule has 1 aliphatic heterocycles. The average Bonchev–Trinajstić information content (AvgIpc) is 3.29. The van der Waals surface area contributed by atoms with Crippen LogP contribution in [0.5, 0.6) is 0 Å². The molecule has 3 aromatic heterocycles. The van der Waals surface area contributed by atoms with Gasteiger partial charge in [0.25, 0.3) is 5.56 Å². The number of aromatic nitrogens is 5. The maximum Gasteiger partial charge on any atom is 0.268 e. The van der Waals surface area contributed by atoms with Gasteiger partial charge in [0, 0.05) is 43.6 Å². The van der Waals surface area contributed by atoms with E-state index < -0.39 is 5.56 Å². The zero-order valence-electron chi connectivity index (χ0n) is 20.5. The van der Waals surface area contributed by atoms with Gasteiger partial charge in [0.05, 0.1) is 34.5 Å². The molecule has 3 atom stereocenters. The number of pyridine rings is 1. The molecule has 0 amide bonds. The second kappa shape index (κ2) is 9.40. The number of nitriles is 2. The molecule has 10 nitrogen and oxygen atoms in total. The van der Waals surface area contributed by atoms with Crippen molar-refractivity contribution in [2.24, 2.45) is 0 Å². The molecule has 4 heterocycles. The molecule has 0 saturated carbocycles. The Morgan fingerprint density at radius 2 is 1.97 bits per heavy atom. The van der Waals surface area contributed by atoms with Crippen molar-refractivity contribution >= 4 is 27.8 Å². The molecule has 0 radical (unpaired) electrons. The summed E-state index contributed by atoms with van der Waals surface area (Å²) in [6, 6.07) is 10.8. The van der Waals surface area contributed by atoms with E-state index >= 15 is 0 Å². The predicted molar refractivity (Wildman–Crippen MR) is 136 cm³/mol. The number of H-pyrrole nitrogens is 1. The van der Waals surface area contributed by atoms with Gasteiger partial charge in [-0.15, -0.1) is 0 Å². The number of hydrogen-bond donors (Lipinski definition) is 1. The molecule has 1 fully saturated rings. The van der Waals surface area contributed by atoms with Gasteiger partial charge in [-0.05, 0) is 38.0 Å². The molecule has 1 aromatic carbocycles. The summed E-state index contributed by atoms with van der Waals surface area (Å²) in [5, 5.41) is 23.5. The molecule has 1 unspecified atom stereocenters. The summed E-state index contributed by atoms with van der Waals surface area (Å²) in [7, 11) is 0. The first kappa shape index (κ1) is 23.5. The number of aromatic amines is 1. The van der Waals surface area contributed by atoms with Gasteiger partial charge >= 0.3 is 0 Å². The minimum Gasteiger partial charge on any atom is -0.363 e. The minimum atomic E-state index is -0.440. The molecule has 1 aliphatic rings. The molecular weight excluding hydrogens is 454 g/mol. The second-order valence-electron chi connectivity index (χ2n) is 9.28. The summed E-state index contributed by atoms with van der Waals surface area (Å²) in [5.41, 5.74) is 4.15. The molecule has 1 saturated heterocycles. The summed E-state index contributed by atoms with van der Waals surface area (Å²) < 4.78 is 1.49. The standard InChI is InChI=1S/C26H27N9O/c1-4-19-14-34(25-20(12-28)26(36)31-23-15-33(10-7-27)32-24(23)25)16(2)13-35(19)17(3)18-5-6-21-22(11-18)30-9-8-29-21/h5-6,8-9,11,15-17,19H,4,10,13-14H2,1-3H3,(H,31,36)/t16-,17?,19+/m0/s1. The molecule has 0 spiro atoms. The van der Waals surface area contributed by atoms with E-state index in [2.05, 4.69) is 74.9 Å². The second-order valence-corrected chi connectivity index (χ2v) is 9.28. The van der Waals surface area contributed by atoms with Gasteiger partial charge in [0.1, 0.15) is 23.7 Å². The monoisotopic (exact) mass is 481 g/mol. The topological polar surface area (TPSA) is 131 Å². The van der Waals surface area contributed by atoms with Crippen molar-refractivity contribution in [2.75, 3.05) is 18.0 Å². The number of nitrogens with zero attached hydrogens (tertiary/aromatic N) is 8. The number of piperazine rings is 1. The Bertz CT molecular complexity index is 1570. The molecule has 36 heavy (non-hydrogen) atoms. The molecule has 4 aromatic rings. The fourth-order valence-electron chi connectivity index (χ4n) is 5.28. The lowest BCUT2D eigenvalue weighted by molar-refractivity contribution is 0.106. The van der Waals surface area contributed by atoms with E-state index in [0.717, 1.165) is 24.0 Å². The quantitative estimate of drug-likeness (QED) is 0.460. The van der Waals surface area contributed by atoms with E-state index in [1.165, 1.54) is 10.2 Å². The van der Waals surface area contributed by atoms with Gasteiger partial charge < -0.3 is 9.88 Å². The van der Waals surface area contributed by atoms with Crippen molar-refractivity contribution in [3.63, 3.8) is 0 Å². The van der Waals surface area contributed by atoms with Crippen LogP contribution >= 0.6 is 0 Å². The van der Waals surface area contributed by atoms with Crippen LogP contribution in [0.1, 0.15) is 44.4 Å². The Morgan fingerprint density at radius 3 is 2.69 bits per heavy atom. The van der Waals surface area contributed by atoms with Gasteiger partial charge in [-0.25, -0.2) is 0 Å². The minimum absolute atomic E-state index is 0.0220. The SMILES string of the molecule is CC[C@@H]1CN(c2c(C#N)c(=O)[nH]c3cn(CC#N)nc23)[C@@H](C)CN1C(C)c1ccc2nccnc2c1. The van der Waals surface area contributed by atoms with Crippen LogP contribution in [0.15, 0.2) is 41.6 Å². The van der Waals surface area contributed by atoms with Crippen molar-refractivity contribution in [3.05, 3.63) is 58.3 Å². The van der Waals surface area contributed by atoms with E-state index in [4.69, 9.17) is 5.26 Å². The molecule has 5 rings (SSSR count). The third-order valence-corrected chi connectivity index (χ3v) is 7.16. The van der Waals surface area contributed by atoms with Crippen LogP contribution < -0.4 is 10.5 Å². The van der Waals surface area contributed by atoms with Gasteiger partial charge in [0.2, 0.25) is 0 Å². The Kier molecular flexibility index (Phi) is 6.13. The summed E-state index contributed by atoms with van der Waals surface area (Å²) in [5.74, 6) is 0. The lowest BCUT2D eigenvalue weighted by atomic mass is 9.97. The van der Waals surface area contributed by atoms with E-state index in [1.54, 1.807) is 18.6 Å². The fraction of sp³-hybridized carbons (Fsp3) is 0.385. The van der Waals surface area contributed by atoms with Crippen molar-refractivity contribution in [2.45, 2.75) is 51.9 Å². The third kappa shape index (κ3) is 3.96. The molecule has 1 N–H and O–H groups in total. The Labute approximate surface area is 208 Å². The van der Waals surface area contributed by atoms with E-state index in [9.17, 15) is 10.1 Å². The Balaban J connectivity index is 1.52.